The fourth-order valence-electron chi connectivity index (χ4n) is 3.49. The lowest BCUT2D eigenvalue weighted by molar-refractivity contribution is -0.142. The van der Waals surface area contributed by atoms with E-state index in [4.69, 9.17) is 0 Å². The number of aliphatic hydroxyl groups excluding tert-OH is 2. The molecule has 0 aromatic heterocycles. The molecule has 152 valence electrons. The maximum Gasteiger partial charge on any atom is 0.184 e. The summed E-state index contributed by atoms with van der Waals surface area (Å²) in [6.07, 6.45) is -2.34. The van der Waals surface area contributed by atoms with E-state index >= 15 is 0 Å². The predicted molar refractivity (Wildman–Crippen MR) is 101 cm³/mol. The monoisotopic (exact) mass is 390 g/mol. The summed E-state index contributed by atoms with van der Waals surface area (Å²) < 4.78 is 0. The Kier molecular flexibility index (Phi) is 6.11. The Labute approximate surface area is 163 Å². The van der Waals surface area contributed by atoms with Crippen molar-refractivity contribution in [3.63, 3.8) is 0 Å². The van der Waals surface area contributed by atoms with Crippen LogP contribution in [-0.4, -0.2) is 50.0 Å². The van der Waals surface area contributed by atoms with Crippen LogP contribution in [0.3, 0.4) is 0 Å². The molecule has 0 amide bonds. The summed E-state index contributed by atoms with van der Waals surface area (Å²) in [7, 11) is 0. The van der Waals surface area contributed by atoms with E-state index in [0.717, 1.165) is 17.7 Å². The summed E-state index contributed by atoms with van der Waals surface area (Å²) in [4.78, 5) is 39.3. The van der Waals surface area contributed by atoms with Gasteiger partial charge in [0.25, 0.3) is 0 Å². The lowest BCUT2D eigenvalue weighted by Crippen LogP contribution is -2.56. The first-order valence-corrected chi connectivity index (χ1v) is 9.11. The summed E-state index contributed by atoms with van der Waals surface area (Å²) >= 11 is 0. The van der Waals surface area contributed by atoms with Gasteiger partial charge in [0.2, 0.25) is 0 Å². The molecule has 1 aromatic carbocycles. The molecule has 2 rings (SSSR count). The van der Waals surface area contributed by atoms with Gasteiger partial charge in [-0.1, -0.05) is 25.5 Å². The molecule has 0 heterocycles. The van der Waals surface area contributed by atoms with E-state index in [-0.39, 0.29) is 12.0 Å². The first-order valence-electron chi connectivity index (χ1n) is 9.11. The highest BCUT2D eigenvalue weighted by molar-refractivity contribution is 6.27. The number of fused-ring (bicyclic) bond motifs is 1. The van der Waals surface area contributed by atoms with Gasteiger partial charge in [0, 0.05) is 6.42 Å². The fraction of sp³-hybridized carbons (Fsp3) is 0.476. The molecule has 0 spiro atoms. The van der Waals surface area contributed by atoms with E-state index in [9.17, 15) is 34.8 Å². The zero-order valence-corrected chi connectivity index (χ0v) is 16.4. The van der Waals surface area contributed by atoms with Crippen molar-refractivity contribution < 1.29 is 34.8 Å². The van der Waals surface area contributed by atoms with Crippen molar-refractivity contribution in [2.24, 2.45) is 11.3 Å². The van der Waals surface area contributed by atoms with E-state index < -0.39 is 64.4 Å². The van der Waals surface area contributed by atoms with Crippen LogP contribution in [0.25, 0.3) is 0 Å². The van der Waals surface area contributed by atoms with E-state index in [1.807, 2.05) is 0 Å². The molecule has 1 aliphatic rings. The molecule has 0 aliphatic heterocycles. The second kappa shape index (κ2) is 7.85. The van der Waals surface area contributed by atoms with Gasteiger partial charge in [0.05, 0.1) is 17.2 Å². The molecule has 2 unspecified atom stereocenters. The van der Waals surface area contributed by atoms with E-state index in [0.29, 0.717) is 0 Å². The third-order valence-electron chi connectivity index (χ3n) is 5.17. The molecule has 0 fully saturated rings. The standard InChI is InChI=1S/C21H26O7/c1-10(2)5-8-15(25)21(20(28)18(26)11(3)4)9-14(24)16-12(22)6-7-13(23)17(16)19(21)27/h5-7,11,15,18,22-23,25-26H,8-9H2,1-4H3/t15-,18?,21?/m1/s1. The third kappa shape index (κ3) is 3.47. The van der Waals surface area contributed by atoms with E-state index in [1.165, 1.54) is 0 Å². The smallest absolute Gasteiger partial charge is 0.184 e. The highest BCUT2D eigenvalue weighted by atomic mass is 16.3. The predicted octanol–water partition coefficient (Wildman–Crippen LogP) is 2.16. The van der Waals surface area contributed by atoms with Crippen molar-refractivity contribution in [2.45, 2.75) is 52.7 Å². The molecule has 4 N–H and O–H groups in total. The topological polar surface area (TPSA) is 132 Å². The zero-order chi connectivity index (χ0) is 21.4. The zero-order valence-electron chi connectivity index (χ0n) is 16.4. The molecule has 1 aromatic rings. The van der Waals surface area contributed by atoms with Gasteiger partial charge in [-0.2, -0.15) is 0 Å². The highest BCUT2D eigenvalue weighted by Gasteiger charge is 2.58. The van der Waals surface area contributed by atoms with Crippen LogP contribution in [0.15, 0.2) is 23.8 Å². The van der Waals surface area contributed by atoms with Crippen molar-refractivity contribution >= 4 is 17.3 Å². The Hall–Kier alpha value is -2.51. The van der Waals surface area contributed by atoms with Crippen molar-refractivity contribution in [2.75, 3.05) is 0 Å². The average molecular weight is 390 g/mol. The lowest BCUT2D eigenvalue weighted by atomic mass is 9.61. The summed E-state index contributed by atoms with van der Waals surface area (Å²) in [5.41, 5.74) is -2.29. The van der Waals surface area contributed by atoms with Gasteiger partial charge >= 0.3 is 0 Å². The molecule has 3 atom stereocenters. The van der Waals surface area contributed by atoms with Gasteiger partial charge in [0.15, 0.2) is 17.3 Å². The molecule has 7 heteroatoms. The number of hydrogen-bond acceptors (Lipinski definition) is 7. The number of Topliss-reactive ketones (excluding diaryl/α,β-unsaturated/α-hetero) is 3. The second-order valence-electron chi connectivity index (χ2n) is 7.84. The van der Waals surface area contributed by atoms with Crippen LogP contribution < -0.4 is 0 Å². The number of ketones is 3. The maximum absolute atomic E-state index is 13.4. The number of carbonyl (C=O) groups is 3. The van der Waals surface area contributed by atoms with Crippen LogP contribution in [-0.2, 0) is 4.79 Å². The summed E-state index contributed by atoms with van der Waals surface area (Å²) in [5.74, 6) is -4.32. The minimum Gasteiger partial charge on any atom is -0.507 e. The number of hydrogen-bond donors (Lipinski definition) is 4. The Morgan fingerprint density at radius 2 is 1.64 bits per heavy atom. The lowest BCUT2D eigenvalue weighted by Gasteiger charge is -2.39. The van der Waals surface area contributed by atoms with Gasteiger partial charge < -0.3 is 20.4 Å². The van der Waals surface area contributed by atoms with Crippen LogP contribution in [0.5, 0.6) is 11.5 Å². The van der Waals surface area contributed by atoms with E-state index in [2.05, 4.69) is 0 Å². The number of aliphatic hydroxyl groups is 2. The summed E-state index contributed by atoms with van der Waals surface area (Å²) in [6, 6.07) is 2.12. The molecule has 1 aliphatic carbocycles. The molecular weight excluding hydrogens is 364 g/mol. The van der Waals surface area contributed by atoms with Gasteiger partial charge in [-0.05, 0) is 38.3 Å². The highest BCUT2D eigenvalue weighted by Crippen LogP contribution is 2.46. The number of carbonyl (C=O) groups excluding carboxylic acids is 3. The summed E-state index contributed by atoms with van der Waals surface area (Å²) in [6.45, 7) is 6.70. The van der Waals surface area contributed by atoms with Crippen LogP contribution in [0.1, 0.15) is 61.3 Å². The van der Waals surface area contributed by atoms with E-state index in [1.54, 1.807) is 33.8 Å². The third-order valence-corrected chi connectivity index (χ3v) is 5.17. The van der Waals surface area contributed by atoms with Crippen molar-refractivity contribution in [1.82, 2.24) is 0 Å². The Morgan fingerprint density at radius 1 is 1.11 bits per heavy atom. The second-order valence-corrected chi connectivity index (χ2v) is 7.84. The Morgan fingerprint density at radius 3 is 2.14 bits per heavy atom. The van der Waals surface area contributed by atoms with Crippen LogP contribution in [0, 0.1) is 11.3 Å². The minimum atomic E-state index is -2.25. The molecule has 0 saturated carbocycles. The van der Waals surface area contributed by atoms with Gasteiger partial charge in [-0.3, -0.25) is 14.4 Å². The first kappa shape index (κ1) is 21.8. The Balaban J connectivity index is 2.73. The number of benzene rings is 1. The van der Waals surface area contributed by atoms with Crippen molar-refractivity contribution in [3.05, 3.63) is 34.9 Å². The van der Waals surface area contributed by atoms with Crippen LogP contribution in [0.2, 0.25) is 0 Å². The molecular formula is C21H26O7. The molecule has 7 nitrogen and oxygen atoms in total. The van der Waals surface area contributed by atoms with Crippen molar-refractivity contribution in [1.29, 1.82) is 0 Å². The number of rotatable bonds is 6. The molecule has 0 bridgehead atoms. The SMILES string of the molecule is CC(C)=CC[C@@H](O)C1(C(=O)C(O)C(C)C)CC(=O)c2c(O)ccc(O)c2C1=O. The minimum absolute atomic E-state index is 0.0905. The summed E-state index contributed by atoms with van der Waals surface area (Å²) in [5, 5.41) is 41.4. The van der Waals surface area contributed by atoms with Gasteiger partial charge in [0.1, 0.15) is 23.0 Å². The van der Waals surface area contributed by atoms with Crippen LogP contribution in [0.4, 0.5) is 0 Å². The normalized spacial score (nSPS) is 21.2. The number of phenolic OH excluding ortho intramolecular Hbond substituents is 2. The molecule has 28 heavy (non-hydrogen) atoms. The van der Waals surface area contributed by atoms with Crippen molar-refractivity contribution in [3.8, 4) is 11.5 Å². The number of phenols is 2. The molecule has 0 radical (unpaired) electrons. The average Bonchev–Trinajstić information content (AvgIpc) is 2.62. The number of allylic oxidation sites excluding steroid dienone is 1. The van der Waals surface area contributed by atoms with Gasteiger partial charge in [-0.25, -0.2) is 0 Å². The fourth-order valence-corrected chi connectivity index (χ4v) is 3.49. The number of aromatic hydroxyl groups is 2. The van der Waals surface area contributed by atoms with Gasteiger partial charge in [-0.15, -0.1) is 0 Å². The molecule has 0 saturated heterocycles. The maximum atomic E-state index is 13.4. The largest absolute Gasteiger partial charge is 0.507 e. The quantitative estimate of drug-likeness (QED) is 0.332. The first-order chi connectivity index (χ1) is 12.9. The van der Waals surface area contributed by atoms with Crippen LogP contribution >= 0.6 is 0 Å². The Bertz CT molecular complexity index is 849.